The second-order valence-corrected chi connectivity index (χ2v) is 7.93. The maximum atomic E-state index is 14.0. The van der Waals surface area contributed by atoms with Gasteiger partial charge in [0.15, 0.2) is 11.6 Å². The number of rotatable bonds is 7. The highest BCUT2D eigenvalue weighted by Gasteiger charge is 2.25. The number of hydrogen-bond acceptors (Lipinski definition) is 6. The first-order valence-corrected chi connectivity index (χ1v) is 9.80. The lowest BCUT2D eigenvalue weighted by Gasteiger charge is -2.29. The van der Waals surface area contributed by atoms with Crippen molar-refractivity contribution in [2.24, 2.45) is 5.92 Å². The third kappa shape index (κ3) is 4.96. The van der Waals surface area contributed by atoms with Crippen LogP contribution < -0.4 is 10.2 Å². The van der Waals surface area contributed by atoms with E-state index in [1.54, 1.807) is 18.2 Å². The van der Waals surface area contributed by atoms with Crippen molar-refractivity contribution in [1.29, 1.82) is 0 Å². The lowest BCUT2D eigenvalue weighted by molar-refractivity contribution is 0.295. The summed E-state index contributed by atoms with van der Waals surface area (Å²) in [5.41, 5.74) is 5.25. The van der Waals surface area contributed by atoms with Gasteiger partial charge < -0.3 is 4.74 Å². The molecule has 136 valence electrons. The fraction of sp³-hybridized carbons (Fsp3) is 0.412. The van der Waals surface area contributed by atoms with Gasteiger partial charge in [0.25, 0.3) is 10.1 Å². The van der Waals surface area contributed by atoms with Crippen LogP contribution in [0.2, 0.25) is 0 Å². The Bertz CT molecular complexity index is 816. The molecule has 0 unspecified atom stereocenters. The summed E-state index contributed by atoms with van der Waals surface area (Å²) in [6, 6.07) is 4.69. The lowest BCUT2D eigenvalue weighted by Crippen LogP contribution is -2.36. The second kappa shape index (κ2) is 7.05. The van der Waals surface area contributed by atoms with Crippen molar-refractivity contribution in [3.8, 4) is 5.75 Å². The smallest absolute Gasteiger partial charge is 0.264 e. The van der Waals surface area contributed by atoms with Gasteiger partial charge in [0.05, 0.1) is 25.7 Å². The molecule has 1 aliphatic carbocycles. The largest absolute Gasteiger partial charge is 0.494 e. The van der Waals surface area contributed by atoms with E-state index in [0.29, 0.717) is 22.8 Å². The first-order valence-electron chi connectivity index (χ1n) is 7.98. The molecular formula is C17H21FN2O4S. The number of benzene rings is 1. The average molecular weight is 368 g/mol. The molecule has 0 saturated heterocycles. The van der Waals surface area contributed by atoms with Crippen LogP contribution in [0, 0.1) is 11.7 Å². The quantitative estimate of drug-likeness (QED) is 0.745. The van der Waals surface area contributed by atoms with Gasteiger partial charge in [-0.2, -0.15) is 8.42 Å². The van der Waals surface area contributed by atoms with Crippen LogP contribution in [0.25, 0.3) is 5.70 Å². The standard InChI is InChI=1S/C17H21FN2O4S/c1-23-17-6-5-14(8-15(17)18)16-7-13(11-24-25(2,21)22)10-20(19-16)9-12-3-4-12/h5-8,10,12,19H,3-4,9,11H2,1-2H3. The summed E-state index contributed by atoms with van der Waals surface area (Å²) in [6.07, 6.45) is 6.96. The summed E-state index contributed by atoms with van der Waals surface area (Å²) in [5.74, 6) is 0.332. The molecule has 1 fully saturated rings. The van der Waals surface area contributed by atoms with Crippen molar-refractivity contribution >= 4 is 15.8 Å². The highest BCUT2D eigenvalue weighted by Crippen LogP contribution is 2.31. The van der Waals surface area contributed by atoms with Crippen LogP contribution in [-0.2, 0) is 14.3 Å². The van der Waals surface area contributed by atoms with Gasteiger partial charge in [0.2, 0.25) is 0 Å². The van der Waals surface area contributed by atoms with Crippen molar-refractivity contribution in [1.82, 2.24) is 10.4 Å². The number of hydrogen-bond donors (Lipinski definition) is 1. The zero-order valence-electron chi connectivity index (χ0n) is 14.2. The van der Waals surface area contributed by atoms with Gasteiger partial charge in [0.1, 0.15) is 0 Å². The van der Waals surface area contributed by atoms with Crippen molar-refractivity contribution in [3.05, 3.63) is 47.4 Å². The molecule has 1 heterocycles. The number of methoxy groups -OCH3 is 1. The number of nitrogens with zero attached hydrogens (tertiary/aromatic N) is 1. The Morgan fingerprint density at radius 1 is 1.36 bits per heavy atom. The van der Waals surface area contributed by atoms with Crippen molar-refractivity contribution < 1.29 is 21.7 Å². The van der Waals surface area contributed by atoms with Crippen LogP contribution in [0.3, 0.4) is 0 Å². The topological polar surface area (TPSA) is 67.9 Å². The molecule has 0 radical (unpaired) electrons. The maximum absolute atomic E-state index is 14.0. The Balaban J connectivity index is 1.84. The highest BCUT2D eigenvalue weighted by atomic mass is 32.2. The zero-order chi connectivity index (χ0) is 18.0. The van der Waals surface area contributed by atoms with E-state index in [4.69, 9.17) is 8.92 Å². The monoisotopic (exact) mass is 368 g/mol. The normalized spacial score (nSPS) is 17.6. The Morgan fingerprint density at radius 3 is 2.72 bits per heavy atom. The molecule has 2 aliphatic rings. The second-order valence-electron chi connectivity index (χ2n) is 6.29. The molecule has 1 N–H and O–H groups in total. The maximum Gasteiger partial charge on any atom is 0.264 e. The summed E-state index contributed by atoms with van der Waals surface area (Å²) in [6.45, 7) is 0.738. The Hall–Kier alpha value is -2.06. The van der Waals surface area contributed by atoms with E-state index in [0.717, 1.165) is 12.8 Å². The Kier molecular flexibility index (Phi) is 5.01. The van der Waals surface area contributed by atoms with E-state index in [-0.39, 0.29) is 12.4 Å². The summed E-state index contributed by atoms with van der Waals surface area (Å²) in [7, 11) is -2.12. The molecule has 0 atom stereocenters. The van der Waals surface area contributed by atoms with Gasteiger partial charge >= 0.3 is 0 Å². The van der Waals surface area contributed by atoms with E-state index in [9.17, 15) is 12.8 Å². The van der Waals surface area contributed by atoms with Gasteiger partial charge in [-0.25, -0.2) is 4.39 Å². The zero-order valence-corrected chi connectivity index (χ0v) is 15.0. The van der Waals surface area contributed by atoms with E-state index in [2.05, 4.69) is 5.43 Å². The third-order valence-corrected chi connectivity index (χ3v) is 4.52. The van der Waals surface area contributed by atoms with E-state index in [1.165, 1.54) is 26.0 Å². The van der Waals surface area contributed by atoms with E-state index in [1.807, 2.05) is 11.2 Å². The molecular weight excluding hydrogens is 347 g/mol. The van der Waals surface area contributed by atoms with Crippen LogP contribution in [0.1, 0.15) is 18.4 Å². The molecule has 6 nitrogen and oxygen atoms in total. The van der Waals surface area contributed by atoms with E-state index >= 15 is 0 Å². The molecule has 8 heteroatoms. The lowest BCUT2D eigenvalue weighted by atomic mass is 10.1. The van der Waals surface area contributed by atoms with Gasteiger partial charge in [-0.05, 0) is 48.6 Å². The summed E-state index contributed by atoms with van der Waals surface area (Å²) >= 11 is 0. The van der Waals surface area contributed by atoms with Crippen molar-refractivity contribution in [2.75, 3.05) is 26.5 Å². The minimum absolute atomic E-state index is 0.0657. The van der Waals surface area contributed by atoms with Gasteiger partial charge in [0, 0.05) is 18.3 Å². The molecule has 25 heavy (non-hydrogen) atoms. The first-order chi connectivity index (χ1) is 11.8. The molecule has 3 rings (SSSR count). The summed E-state index contributed by atoms with van der Waals surface area (Å²) in [4.78, 5) is 0. The molecule has 1 saturated carbocycles. The number of hydrazine groups is 1. The van der Waals surface area contributed by atoms with Crippen molar-refractivity contribution in [3.63, 3.8) is 0 Å². The molecule has 0 aromatic heterocycles. The Morgan fingerprint density at radius 2 is 2.12 bits per heavy atom. The first kappa shape index (κ1) is 17.8. The minimum atomic E-state index is -3.54. The van der Waals surface area contributed by atoms with Gasteiger partial charge in [-0.15, -0.1) is 0 Å². The molecule has 0 amide bonds. The van der Waals surface area contributed by atoms with Crippen molar-refractivity contribution in [2.45, 2.75) is 12.8 Å². The number of nitrogens with one attached hydrogen (secondary N) is 1. The predicted molar refractivity (Wildman–Crippen MR) is 92.4 cm³/mol. The fourth-order valence-electron chi connectivity index (χ4n) is 2.55. The molecule has 0 bridgehead atoms. The Labute approximate surface area is 147 Å². The van der Waals surface area contributed by atoms with Crippen LogP contribution >= 0.6 is 0 Å². The van der Waals surface area contributed by atoms with Crippen LogP contribution in [0.4, 0.5) is 4.39 Å². The average Bonchev–Trinajstić information content (AvgIpc) is 3.36. The highest BCUT2D eigenvalue weighted by molar-refractivity contribution is 7.86. The molecule has 1 aromatic carbocycles. The molecule has 1 aromatic rings. The van der Waals surface area contributed by atoms with Gasteiger partial charge in [-0.3, -0.25) is 14.6 Å². The third-order valence-electron chi connectivity index (χ3n) is 3.97. The summed E-state index contributed by atoms with van der Waals surface area (Å²) < 4.78 is 46.3. The number of halogens is 1. The fourth-order valence-corrected chi connectivity index (χ4v) is 2.91. The molecule has 0 spiro atoms. The predicted octanol–water partition coefficient (Wildman–Crippen LogP) is 2.27. The van der Waals surface area contributed by atoms with E-state index < -0.39 is 15.9 Å². The van der Waals surface area contributed by atoms with Gasteiger partial charge in [-0.1, -0.05) is 0 Å². The van der Waals surface area contributed by atoms with Crippen LogP contribution in [-0.4, -0.2) is 39.9 Å². The minimum Gasteiger partial charge on any atom is -0.494 e. The van der Waals surface area contributed by atoms with Crippen LogP contribution in [0.5, 0.6) is 5.75 Å². The molecule has 1 aliphatic heterocycles. The van der Waals surface area contributed by atoms with Crippen LogP contribution in [0.15, 0.2) is 36.0 Å². The SMILES string of the molecule is COc1ccc(C2=CC(COS(C)(=O)=O)=CN(CC3CC3)N2)cc1F. The number of ether oxygens (including phenoxy) is 1. The summed E-state index contributed by atoms with van der Waals surface area (Å²) in [5, 5.41) is 1.90.